The Morgan fingerprint density at radius 3 is 2.44 bits per heavy atom. The Balaban J connectivity index is 1.73. The summed E-state index contributed by atoms with van der Waals surface area (Å²) >= 11 is 1.23. The maximum atomic E-state index is 13.8. The van der Waals surface area contributed by atoms with E-state index in [1.54, 1.807) is 44.9 Å². The summed E-state index contributed by atoms with van der Waals surface area (Å²) < 4.78 is 21.5. The molecule has 2 saturated heterocycles. The highest BCUT2D eigenvalue weighted by atomic mass is 32.2. The molecular formula is C24H28N2O7S. The van der Waals surface area contributed by atoms with Crippen molar-refractivity contribution < 1.29 is 33.0 Å². The molecule has 0 aliphatic carbocycles. The van der Waals surface area contributed by atoms with Gasteiger partial charge in [-0.05, 0) is 50.6 Å². The highest BCUT2D eigenvalue weighted by molar-refractivity contribution is 8.01. The van der Waals surface area contributed by atoms with Crippen molar-refractivity contribution in [2.24, 2.45) is 0 Å². The fourth-order valence-corrected chi connectivity index (χ4v) is 5.99. The van der Waals surface area contributed by atoms with Gasteiger partial charge >= 0.3 is 12.1 Å². The predicted molar refractivity (Wildman–Crippen MR) is 124 cm³/mol. The molecule has 2 aromatic rings. The zero-order chi connectivity index (χ0) is 24.7. The van der Waals surface area contributed by atoms with Crippen LogP contribution in [-0.4, -0.2) is 64.3 Å². The van der Waals surface area contributed by atoms with Crippen molar-refractivity contribution in [3.63, 3.8) is 0 Å². The van der Waals surface area contributed by atoms with Crippen LogP contribution in [0.5, 0.6) is 5.75 Å². The number of benzene rings is 1. The van der Waals surface area contributed by atoms with Gasteiger partial charge in [0.1, 0.15) is 29.2 Å². The fraction of sp³-hybridized carbons (Fsp3) is 0.458. The molecule has 0 N–H and O–H groups in total. The maximum Gasteiger partial charge on any atom is 0.412 e. The van der Waals surface area contributed by atoms with Gasteiger partial charge in [-0.15, -0.1) is 11.8 Å². The van der Waals surface area contributed by atoms with Crippen molar-refractivity contribution in [1.82, 2.24) is 9.80 Å². The van der Waals surface area contributed by atoms with Crippen LogP contribution in [0.15, 0.2) is 47.1 Å². The lowest BCUT2D eigenvalue weighted by Gasteiger charge is -2.56. The average molecular weight is 489 g/mol. The summed E-state index contributed by atoms with van der Waals surface area (Å²) in [6.45, 7) is 5.49. The molecule has 2 aliphatic heterocycles. The van der Waals surface area contributed by atoms with E-state index in [9.17, 15) is 14.4 Å². The zero-order valence-corrected chi connectivity index (χ0v) is 20.6. The van der Waals surface area contributed by atoms with Gasteiger partial charge in [-0.3, -0.25) is 9.69 Å². The number of ether oxygens (including phenoxy) is 3. The Kier molecular flexibility index (Phi) is 6.28. The van der Waals surface area contributed by atoms with Crippen LogP contribution in [-0.2, 0) is 25.6 Å². The van der Waals surface area contributed by atoms with Gasteiger partial charge in [-0.25, -0.2) is 9.59 Å². The van der Waals surface area contributed by atoms with E-state index in [0.29, 0.717) is 18.1 Å². The van der Waals surface area contributed by atoms with Crippen LogP contribution in [0.4, 0.5) is 4.79 Å². The molecule has 0 radical (unpaired) electrons. The molecule has 0 bridgehead atoms. The first-order valence-corrected chi connectivity index (χ1v) is 11.8. The van der Waals surface area contributed by atoms with Gasteiger partial charge in [0.05, 0.1) is 20.5 Å². The van der Waals surface area contributed by atoms with Gasteiger partial charge in [-0.2, -0.15) is 0 Å². The Morgan fingerprint density at radius 2 is 1.88 bits per heavy atom. The summed E-state index contributed by atoms with van der Waals surface area (Å²) in [5, 5.41) is 0. The second-order valence-electron chi connectivity index (χ2n) is 9.10. The molecule has 1 aromatic carbocycles. The van der Waals surface area contributed by atoms with Crippen LogP contribution in [0.1, 0.15) is 38.1 Å². The van der Waals surface area contributed by atoms with Gasteiger partial charge in [-0.1, -0.05) is 12.1 Å². The molecule has 34 heavy (non-hydrogen) atoms. The number of amides is 2. The number of carbonyl (C=O) groups is 3. The predicted octanol–water partition coefficient (Wildman–Crippen LogP) is 3.59. The average Bonchev–Trinajstić information content (AvgIpc) is 3.47. The Morgan fingerprint density at radius 1 is 1.18 bits per heavy atom. The van der Waals surface area contributed by atoms with Crippen molar-refractivity contribution in [2.45, 2.75) is 49.9 Å². The van der Waals surface area contributed by atoms with Gasteiger partial charge in [0, 0.05) is 12.3 Å². The van der Waals surface area contributed by atoms with E-state index in [1.165, 1.54) is 30.0 Å². The first-order valence-electron chi connectivity index (χ1n) is 10.8. The van der Waals surface area contributed by atoms with Crippen LogP contribution >= 0.6 is 11.8 Å². The third-order valence-electron chi connectivity index (χ3n) is 5.77. The lowest BCUT2D eigenvalue weighted by molar-refractivity contribution is -0.170. The number of β-lactam (4-membered cyclic amide) rings is 1. The molecule has 1 aromatic heterocycles. The van der Waals surface area contributed by atoms with E-state index >= 15 is 0 Å². The monoisotopic (exact) mass is 488 g/mol. The smallest absolute Gasteiger partial charge is 0.412 e. The van der Waals surface area contributed by atoms with E-state index in [4.69, 9.17) is 18.6 Å². The molecule has 4 rings (SSSR count). The van der Waals surface area contributed by atoms with Crippen molar-refractivity contribution in [3.05, 3.63) is 54.0 Å². The number of nitrogens with zero attached hydrogens (tertiary/aromatic N) is 2. The van der Waals surface area contributed by atoms with E-state index in [0.717, 1.165) is 5.56 Å². The van der Waals surface area contributed by atoms with Gasteiger partial charge < -0.3 is 23.5 Å². The molecule has 0 unspecified atom stereocenters. The largest absolute Gasteiger partial charge is 0.497 e. The van der Waals surface area contributed by atoms with E-state index in [-0.39, 0.29) is 11.7 Å². The molecule has 2 fully saturated rings. The highest BCUT2D eigenvalue weighted by Crippen LogP contribution is 2.59. The molecule has 9 nitrogen and oxygen atoms in total. The summed E-state index contributed by atoms with van der Waals surface area (Å²) in [7, 11) is 2.85. The number of carbonyl (C=O) groups excluding carboxylic acids is 3. The topological polar surface area (TPSA) is 98.5 Å². The molecule has 3 heterocycles. The quantitative estimate of drug-likeness (QED) is 0.465. The Hall–Kier alpha value is -3.14. The third-order valence-corrected chi connectivity index (χ3v) is 7.29. The fourth-order valence-electron chi connectivity index (χ4n) is 4.31. The second kappa shape index (κ2) is 8.90. The zero-order valence-electron chi connectivity index (χ0n) is 19.8. The maximum absolute atomic E-state index is 13.8. The van der Waals surface area contributed by atoms with Crippen molar-refractivity contribution in [3.8, 4) is 5.75 Å². The van der Waals surface area contributed by atoms with Gasteiger partial charge in [0.15, 0.2) is 4.87 Å². The molecular weight excluding hydrogens is 460 g/mol. The summed E-state index contributed by atoms with van der Waals surface area (Å²) in [5.41, 5.74) is 0.0685. The normalized spacial score (nSPS) is 24.2. The highest BCUT2D eigenvalue weighted by Gasteiger charge is 2.72. The standard InChI is InChI=1S/C24H28N2O7S/c1-23(2,3)33-22(29)26-17(20(27)31-5)14-34-24(26)19(18-7-6-12-32-18)25(21(24)28)13-15-8-10-16(30-4)11-9-15/h6-12,17,19H,13-14H2,1-5H3/t17-,19-,24-/m0/s1. The van der Waals surface area contributed by atoms with Crippen LogP contribution < -0.4 is 4.74 Å². The van der Waals surface area contributed by atoms with Gasteiger partial charge in [0.25, 0.3) is 5.91 Å². The Bertz CT molecular complexity index is 1060. The number of rotatable bonds is 5. The van der Waals surface area contributed by atoms with E-state index in [2.05, 4.69) is 0 Å². The van der Waals surface area contributed by atoms with Gasteiger partial charge in [0.2, 0.25) is 0 Å². The number of methoxy groups -OCH3 is 2. The van der Waals surface area contributed by atoms with Crippen LogP contribution in [0.25, 0.3) is 0 Å². The van der Waals surface area contributed by atoms with E-state index < -0.39 is 34.6 Å². The number of furan rings is 1. The molecule has 3 atom stereocenters. The number of likely N-dealkylation sites (tertiary alicyclic amines) is 1. The minimum Gasteiger partial charge on any atom is -0.497 e. The molecule has 1 spiro atoms. The van der Waals surface area contributed by atoms with Crippen molar-refractivity contribution in [2.75, 3.05) is 20.0 Å². The third kappa shape index (κ3) is 4.00. The van der Waals surface area contributed by atoms with Crippen LogP contribution in [0.2, 0.25) is 0 Å². The summed E-state index contributed by atoms with van der Waals surface area (Å²) in [4.78, 5) is 41.3. The van der Waals surface area contributed by atoms with Crippen molar-refractivity contribution >= 4 is 29.7 Å². The summed E-state index contributed by atoms with van der Waals surface area (Å²) in [6, 6.07) is 9.30. The van der Waals surface area contributed by atoms with Crippen molar-refractivity contribution in [1.29, 1.82) is 0 Å². The molecule has 2 aliphatic rings. The lowest BCUT2D eigenvalue weighted by atomic mass is 9.88. The number of thioether (sulfide) groups is 1. The summed E-state index contributed by atoms with van der Waals surface area (Å²) in [5.74, 6) is 0.522. The molecule has 182 valence electrons. The van der Waals surface area contributed by atoms with E-state index in [1.807, 2.05) is 24.3 Å². The second-order valence-corrected chi connectivity index (χ2v) is 10.3. The summed E-state index contributed by atoms with van der Waals surface area (Å²) in [6.07, 6.45) is 0.772. The first kappa shape index (κ1) is 24.0. The minimum atomic E-state index is -1.38. The van der Waals surface area contributed by atoms with Crippen LogP contribution in [0, 0.1) is 0 Å². The number of esters is 1. The number of hydrogen-bond acceptors (Lipinski definition) is 8. The van der Waals surface area contributed by atoms with Crippen LogP contribution in [0.3, 0.4) is 0 Å². The molecule has 0 saturated carbocycles. The Labute approximate surface area is 202 Å². The lowest BCUT2D eigenvalue weighted by Crippen LogP contribution is -2.74. The number of hydrogen-bond donors (Lipinski definition) is 0. The SMILES string of the molecule is COC(=O)[C@@H]1CS[C@@]2(C(=O)N(Cc3ccc(OC)cc3)[C@H]2c2ccco2)N1C(=O)OC(C)(C)C. The minimum absolute atomic E-state index is 0.200. The first-order chi connectivity index (χ1) is 16.1. The molecule has 10 heteroatoms. The molecule has 2 amide bonds.